The van der Waals surface area contributed by atoms with E-state index in [1.807, 2.05) is 30.3 Å². The average molecular weight is 421 g/mol. The third-order valence-corrected chi connectivity index (χ3v) is 6.54. The van der Waals surface area contributed by atoms with Crippen molar-refractivity contribution in [1.82, 2.24) is 4.98 Å². The molecule has 1 aromatic heterocycles. The topological polar surface area (TPSA) is 42.4 Å². The fraction of sp³-hybridized carbons (Fsp3) is 0.250. The monoisotopic (exact) mass is 420 g/mol. The molecule has 2 heterocycles. The summed E-state index contributed by atoms with van der Waals surface area (Å²) < 4.78 is 20.2. The number of benzene rings is 3. The Bertz CT molecular complexity index is 1210. The Morgan fingerprint density at radius 2 is 2.03 bits per heavy atom. The van der Waals surface area contributed by atoms with Gasteiger partial charge in [0.15, 0.2) is 5.13 Å². The highest BCUT2D eigenvalue weighted by molar-refractivity contribution is 7.22. The van der Waals surface area contributed by atoms with Crippen molar-refractivity contribution in [1.29, 1.82) is 0 Å². The first-order chi connectivity index (χ1) is 14.7. The fourth-order valence-electron chi connectivity index (χ4n) is 3.99. The van der Waals surface area contributed by atoms with E-state index < -0.39 is 0 Å². The Hall–Kier alpha value is -2.83. The molecule has 152 valence electrons. The molecule has 4 nitrogen and oxygen atoms in total. The van der Waals surface area contributed by atoms with E-state index in [1.165, 1.54) is 23.5 Å². The Kier molecular flexibility index (Phi) is 5.19. The van der Waals surface area contributed by atoms with Crippen molar-refractivity contribution >= 4 is 43.4 Å². The van der Waals surface area contributed by atoms with Crippen LogP contribution in [-0.4, -0.2) is 30.1 Å². The maximum atomic E-state index is 13.6. The largest absolute Gasteiger partial charge is 0.376 e. The zero-order valence-electron chi connectivity index (χ0n) is 16.4. The number of nitrogens with zero attached hydrogens (tertiary/aromatic N) is 2. The van der Waals surface area contributed by atoms with Gasteiger partial charge in [-0.3, -0.25) is 9.69 Å². The van der Waals surface area contributed by atoms with Gasteiger partial charge in [-0.25, -0.2) is 9.37 Å². The number of thiazole rings is 1. The highest BCUT2D eigenvalue weighted by atomic mass is 32.1. The molecule has 0 N–H and O–H groups in total. The first-order valence-electron chi connectivity index (χ1n) is 10.1. The number of carbonyl (C=O) groups is 1. The lowest BCUT2D eigenvalue weighted by molar-refractivity contribution is -0.118. The van der Waals surface area contributed by atoms with Crippen molar-refractivity contribution in [2.75, 3.05) is 18.1 Å². The molecule has 1 fully saturated rings. The number of anilines is 1. The van der Waals surface area contributed by atoms with Gasteiger partial charge in [-0.2, -0.15) is 0 Å². The van der Waals surface area contributed by atoms with Crippen LogP contribution in [0.1, 0.15) is 18.4 Å². The van der Waals surface area contributed by atoms with E-state index in [1.54, 1.807) is 11.0 Å². The maximum absolute atomic E-state index is 13.6. The predicted octanol–water partition coefficient (Wildman–Crippen LogP) is 5.34. The van der Waals surface area contributed by atoms with Gasteiger partial charge in [0.2, 0.25) is 5.91 Å². The normalized spacial score (nSPS) is 16.4. The number of hydrogen-bond acceptors (Lipinski definition) is 4. The molecule has 0 bridgehead atoms. The summed E-state index contributed by atoms with van der Waals surface area (Å²) in [5.41, 5.74) is 1.69. The number of rotatable bonds is 5. The minimum Gasteiger partial charge on any atom is -0.376 e. The second kappa shape index (κ2) is 8.13. The molecular formula is C24H21FN2O2S. The molecule has 3 aromatic carbocycles. The summed E-state index contributed by atoms with van der Waals surface area (Å²) in [6.45, 7) is 1.19. The predicted molar refractivity (Wildman–Crippen MR) is 119 cm³/mol. The van der Waals surface area contributed by atoms with Crippen LogP contribution in [-0.2, 0) is 16.0 Å². The molecule has 1 atom stereocenters. The fourth-order valence-corrected chi connectivity index (χ4v) is 5.00. The number of amides is 1. The van der Waals surface area contributed by atoms with Crippen LogP contribution in [0.3, 0.4) is 0 Å². The Balaban J connectivity index is 1.49. The SMILES string of the molecule is O=C(Cc1cccc2ccccc12)N(CC1CCCO1)c1nc2ccc(F)cc2s1. The number of fused-ring (bicyclic) bond motifs is 2. The van der Waals surface area contributed by atoms with Crippen LogP contribution in [0.25, 0.3) is 21.0 Å². The quantitative estimate of drug-likeness (QED) is 0.437. The van der Waals surface area contributed by atoms with Gasteiger partial charge < -0.3 is 4.74 Å². The second-order valence-corrected chi connectivity index (χ2v) is 8.57. The molecule has 1 unspecified atom stereocenters. The van der Waals surface area contributed by atoms with Crippen LogP contribution < -0.4 is 4.90 Å². The van der Waals surface area contributed by atoms with E-state index in [2.05, 4.69) is 17.1 Å². The Morgan fingerprint density at radius 1 is 1.17 bits per heavy atom. The van der Waals surface area contributed by atoms with E-state index in [9.17, 15) is 9.18 Å². The van der Waals surface area contributed by atoms with E-state index in [0.29, 0.717) is 17.2 Å². The molecule has 1 aliphatic rings. The van der Waals surface area contributed by atoms with Crippen LogP contribution in [0.5, 0.6) is 0 Å². The Labute approximate surface area is 177 Å². The number of ether oxygens (including phenoxy) is 1. The summed E-state index contributed by atoms with van der Waals surface area (Å²) in [6, 6.07) is 18.6. The third kappa shape index (κ3) is 3.80. The van der Waals surface area contributed by atoms with E-state index in [4.69, 9.17) is 4.74 Å². The van der Waals surface area contributed by atoms with E-state index in [-0.39, 0.29) is 24.2 Å². The van der Waals surface area contributed by atoms with Crippen molar-refractivity contribution < 1.29 is 13.9 Å². The summed E-state index contributed by atoms with van der Waals surface area (Å²) in [5.74, 6) is -0.327. The highest BCUT2D eigenvalue weighted by Crippen LogP contribution is 2.31. The van der Waals surface area contributed by atoms with Gasteiger partial charge in [0.25, 0.3) is 0 Å². The lowest BCUT2D eigenvalue weighted by Gasteiger charge is -2.23. The molecule has 0 aliphatic carbocycles. The lowest BCUT2D eigenvalue weighted by Crippen LogP contribution is -2.38. The lowest BCUT2D eigenvalue weighted by atomic mass is 10.0. The third-order valence-electron chi connectivity index (χ3n) is 5.50. The number of aromatic nitrogens is 1. The van der Waals surface area contributed by atoms with Gasteiger partial charge in [0, 0.05) is 6.61 Å². The molecule has 0 saturated carbocycles. The van der Waals surface area contributed by atoms with Gasteiger partial charge in [0.05, 0.1) is 29.3 Å². The van der Waals surface area contributed by atoms with Crippen molar-refractivity contribution in [3.8, 4) is 0 Å². The van der Waals surface area contributed by atoms with E-state index in [0.717, 1.165) is 40.5 Å². The van der Waals surface area contributed by atoms with Crippen LogP contribution in [0.2, 0.25) is 0 Å². The summed E-state index contributed by atoms with van der Waals surface area (Å²) in [6.07, 6.45) is 2.21. The summed E-state index contributed by atoms with van der Waals surface area (Å²) >= 11 is 1.34. The zero-order valence-corrected chi connectivity index (χ0v) is 17.2. The summed E-state index contributed by atoms with van der Waals surface area (Å²) in [4.78, 5) is 19.8. The molecule has 6 heteroatoms. The van der Waals surface area contributed by atoms with Crippen molar-refractivity contribution in [3.05, 3.63) is 72.0 Å². The van der Waals surface area contributed by atoms with Crippen LogP contribution in [0.4, 0.5) is 9.52 Å². The smallest absolute Gasteiger partial charge is 0.233 e. The number of halogens is 1. The van der Waals surface area contributed by atoms with Gasteiger partial charge in [0.1, 0.15) is 5.82 Å². The van der Waals surface area contributed by atoms with Gasteiger partial charge in [-0.05, 0) is 47.4 Å². The van der Waals surface area contributed by atoms with Gasteiger partial charge in [-0.1, -0.05) is 53.8 Å². The van der Waals surface area contributed by atoms with Crippen molar-refractivity contribution in [2.24, 2.45) is 0 Å². The molecule has 4 aromatic rings. The van der Waals surface area contributed by atoms with Gasteiger partial charge in [-0.15, -0.1) is 0 Å². The molecule has 1 aliphatic heterocycles. The van der Waals surface area contributed by atoms with E-state index >= 15 is 0 Å². The van der Waals surface area contributed by atoms with Crippen LogP contribution in [0.15, 0.2) is 60.7 Å². The molecule has 0 spiro atoms. The average Bonchev–Trinajstić information content (AvgIpc) is 3.41. The summed E-state index contributed by atoms with van der Waals surface area (Å²) in [5, 5.41) is 2.79. The number of hydrogen-bond donors (Lipinski definition) is 0. The molecule has 30 heavy (non-hydrogen) atoms. The summed E-state index contributed by atoms with van der Waals surface area (Å²) in [7, 11) is 0. The zero-order chi connectivity index (χ0) is 20.5. The molecule has 5 rings (SSSR count). The molecule has 0 radical (unpaired) electrons. The minimum atomic E-state index is -0.301. The second-order valence-electron chi connectivity index (χ2n) is 7.56. The highest BCUT2D eigenvalue weighted by Gasteiger charge is 2.26. The molecular weight excluding hydrogens is 399 g/mol. The van der Waals surface area contributed by atoms with Crippen molar-refractivity contribution in [3.63, 3.8) is 0 Å². The van der Waals surface area contributed by atoms with Crippen molar-refractivity contribution in [2.45, 2.75) is 25.4 Å². The first kappa shape index (κ1) is 19.2. The standard InChI is InChI=1S/C24H21FN2O2S/c25-18-10-11-21-22(14-18)30-24(26-21)27(15-19-8-4-12-29-19)23(28)13-17-7-3-6-16-5-1-2-9-20(16)17/h1-3,5-7,9-11,14,19H,4,8,12-13,15H2. The van der Waals surface area contributed by atoms with Crippen LogP contribution >= 0.6 is 11.3 Å². The molecule has 1 saturated heterocycles. The number of carbonyl (C=O) groups excluding carboxylic acids is 1. The van der Waals surface area contributed by atoms with Crippen LogP contribution in [0, 0.1) is 5.82 Å². The molecule has 1 amide bonds. The minimum absolute atomic E-state index is 0.00483. The van der Waals surface area contributed by atoms with Gasteiger partial charge >= 0.3 is 0 Å². The maximum Gasteiger partial charge on any atom is 0.233 e. The Morgan fingerprint density at radius 3 is 2.90 bits per heavy atom. The first-order valence-corrected chi connectivity index (χ1v) is 10.9.